The van der Waals surface area contributed by atoms with Gasteiger partial charge in [-0.3, -0.25) is 4.79 Å². The fourth-order valence-electron chi connectivity index (χ4n) is 2.42. The largest absolute Gasteiger partial charge is 0.410 e. The second kappa shape index (κ2) is 8.31. The lowest BCUT2D eigenvalue weighted by Gasteiger charge is -2.06. The molecular formula is C18H10Cl3N3O2S2. The van der Waals surface area contributed by atoms with Crippen molar-refractivity contribution < 1.29 is 9.21 Å². The van der Waals surface area contributed by atoms with Crippen LogP contribution in [0.1, 0.15) is 0 Å². The number of carbonyl (C=O) groups is 1. The Hall–Kier alpha value is -1.77. The SMILES string of the molecule is O=C(CSc1nnc(-c2sc3ccccc3c2Cl)o1)Nc1cc(Cl)ccc1Cl. The Labute approximate surface area is 183 Å². The van der Waals surface area contributed by atoms with Crippen molar-refractivity contribution in [2.45, 2.75) is 5.22 Å². The number of benzene rings is 2. The highest BCUT2D eigenvalue weighted by Gasteiger charge is 2.18. The molecule has 0 bridgehead atoms. The monoisotopic (exact) mass is 469 g/mol. The maximum absolute atomic E-state index is 12.2. The molecule has 10 heteroatoms. The summed E-state index contributed by atoms with van der Waals surface area (Å²) in [4.78, 5) is 12.9. The van der Waals surface area contributed by atoms with E-state index in [1.807, 2.05) is 24.3 Å². The number of fused-ring (bicyclic) bond motifs is 1. The van der Waals surface area contributed by atoms with E-state index in [0.29, 0.717) is 31.5 Å². The molecule has 1 N–H and O–H groups in total. The number of carbonyl (C=O) groups excluding carboxylic acids is 1. The highest BCUT2D eigenvalue weighted by Crippen LogP contribution is 2.41. The van der Waals surface area contributed by atoms with Gasteiger partial charge in [-0.1, -0.05) is 64.8 Å². The minimum absolute atomic E-state index is 0.0740. The van der Waals surface area contributed by atoms with Gasteiger partial charge in [0.15, 0.2) is 0 Å². The van der Waals surface area contributed by atoms with Gasteiger partial charge in [-0.05, 0) is 24.3 Å². The topological polar surface area (TPSA) is 68.0 Å². The number of thiophene rings is 1. The molecule has 0 saturated carbocycles. The lowest BCUT2D eigenvalue weighted by atomic mass is 10.2. The number of nitrogens with zero attached hydrogens (tertiary/aromatic N) is 2. The van der Waals surface area contributed by atoms with Gasteiger partial charge in [0, 0.05) is 15.1 Å². The summed E-state index contributed by atoms with van der Waals surface area (Å²) in [6, 6.07) is 12.6. The second-order valence-corrected chi connectivity index (χ2v) is 8.78. The van der Waals surface area contributed by atoms with Gasteiger partial charge in [0.1, 0.15) is 4.88 Å². The van der Waals surface area contributed by atoms with Crippen LogP contribution in [0, 0.1) is 0 Å². The van der Waals surface area contributed by atoms with E-state index in [1.165, 1.54) is 11.3 Å². The third-order valence-electron chi connectivity index (χ3n) is 3.66. The summed E-state index contributed by atoms with van der Waals surface area (Å²) in [5.41, 5.74) is 0.447. The number of anilines is 1. The molecule has 5 nitrogen and oxygen atoms in total. The first-order chi connectivity index (χ1) is 13.5. The predicted octanol–water partition coefficient (Wildman–Crippen LogP) is 6.64. The van der Waals surface area contributed by atoms with Crippen LogP contribution in [0.4, 0.5) is 5.69 Å². The first-order valence-corrected chi connectivity index (χ1v) is 10.8. The van der Waals surface area contributed by atoms with E-state index in [2.05, 4.69) is 15.5 Å². The second-order valence-electron chi connectivity index (χ2n) is 5.58. The average molecular weight is 471 g/mol. The Kier molecular flexibility index (Phi) is 5.80. The molecule has 2 heterocycles. The maximum atomic E-state index is 12.2. The molecule has 4 rings (SSSR count). The number of rotatable bonds is 5. The van der Waals surface area contributed by atoms with Crippen molar-refractivity contribution in [2.75, 3.05) is 11.1 Å². The van der Waals surface area contributed by atoms with Gasteiger partial charge in [0.2, 0.25) is 5.91 Å². The van der Waals surface area contributed by atoms with Gasteiger partial charge >= 0.3 is 0 Å². The van der Waals surface area contributed by atoms with Crippen molar-refractivity contribution in [3.8, 4) is 10.8 Å². The van der Waals surface area contributed by atoms with Gasteiger partial charge < -0.3 is 9.73 Å². The summed E-state index contributed by atoms with van der Waals surface area (Å²) in [7, 11) is 0. The lowest BCUT2D eigenvalue weighted by Crippen LogP contribution is -2.14. The number of halogens is 3. The Bertz CT molecular complexity index is 1180. The molecule has 2 aromatic carbocycles. The molecule has 0 aliphatic carbocycles. The zero-order valence-corrected chi connectivity index (χ0v) is 17.8. The molecule has 0 aliphatic heterocycles. The molecule has 0 saturated heterocycles. The molecule has 0 atom stereocenters. The van der Waals surface area contributed by atoms with E-state index in [1.54, 1.807) is 18.2 Å². The summed E-state index contributed by atoms with van der Waals surface area (Å²) in [5, 5.41) is 13.4. The summed E-state index contributed by atoms with van der Waals surface area (Å²) >= 11 is 21.0. The number of hydrogen-bond acceptors (Lipinski definition) is 6. The van der Waals surface area contributed by atoms with E-state index >= 15 is 0 Å². The standard InChI is InChI=1S/C18H10Cl3N3O2S2/c19-9-5-6-11(20)12(7-9)22-14(25)8-27-18-24-23-17(26-18)16-15(21)10-3-1-2-4-13(10)28-16/h1-7H,8H2,(H,22,25). The molecule has 4 aromatic rings. The molecule has 142 valence electrons. The van der Waals surface area contributed by atoms with E-state index < -0.39 is 0 Å². The maximum Gasteiger partial charge on any atom is 0.277 e. The molecule has 28 heavy (non-hydrogen) atoms. The van der Waals surface area contributed by atoms with Crippen LogP contribution < -0.4 is 5.32 Å². The fourth-order valence-corrected chi connectivity index (χ4v) is 4.75. The highest BCUT2D eigenvalue weighted by atomic mass is 35.5. The zero-order chi connectivity index (χ0) is 19.7. The Morgan fingerprint density at radius 1 is 1.14 bits per heavy atom. The third kappa shape index (κ3) is 4.14. The van der Waals surface area contributed by atoms with Crippen LogP contribution in [0.5, 0.6) is 0 Å². The van der Waals surface area contributed by atoms with Gasteiger partial charge in [-0.15, -0.1) is 21.5 Å². The van der Waals surface area contributed by atoms with Crippen molar-refractivity contribution in [3.05, 3.63) is 57.5 Å². The summed E-state index contributed by atoms with van der Waals surface area (Å²) < 4.78 is 6.70. The van der Waals surface area contributed by atoms with Crippen molar-refractivity contribution in [3.63, 3.8) is 0 Å². The minimum atomic E-state index is -0.270. The number of nitrogens with one attached hydrogen (secondary N) is 1. The van der Waals surface area contributed by atoms with Gasteiger partial charge in [0.25, 0.3) is 11.1 Å². The van der Waals surface area contributed by atoms with Crippen LogP contribution in [0.15, 0.2) is 52.1 Å². The molecule has 0 spiro atoms. The van der Waals surface area contributed by atoms with Crippen molar-refractivity contribution in [1.82, 2.24) is 10.2 Å². The lowest BCUT2D eigenvalue weighted by molar-refractivity contribution is -0.113. The molecule has 0 fully saturated rings. The van der Waals surface area contributed by atoms with E-state index in [4.69, 9.17) is 39.2 Å². The van der Waals surface area contributed by atoms with Crippen LogP contribution in [-0.2, 0) is 4.79 Å². The average Bonchev–Trinajstić information content (AvgIpc) is 3.28. The van der Waals surface area contributed by atoms with Crippen LogP contribution in [-0.4, -0.2) is 21.9 Å². The van der Waals surface area contributed by atoms with Crippen molar-refractivity contribution in [1.29, 1.82) is 0 Å². The molecule has 0 aliphatic rings. The summed E-state index contributed by atoms with van der Waals surface area (Å²) in [6.07, 6.45) is 0. The van der Waals surface area contributed by atoms with Crippen molar-refractivity contribution >= 4 is 79.6 Å². The first kappa shape index (κ1) is 19.5. The predicted molar refractivity (Wildman–Crippen MR) is 116 cm³/mol. The Morgan fingerprint density at radius 2 is 1.96 bits per heavy atom. The Morgan fingerprint density at radius 3 is 2.79 bits per heavy atom. The highest BCUT2D eigenvalue weighted by molar-refractivity contribution is 7.99. The quantitative estimate of drug-likeness (QED) is 0.331. The van der Waals surface area contributed by atoms with Crippen molar-refractivity contribution in [2.24, 2.45) is 0 Å². The zero-order valence-electron chi connectivity index (χ0n) is 13.9. The molecule has 0 radical (unpaired) electrons. The van der Waals surface area contributed by atoms with E-state index in [0.717, 1.165) is 21.8 Å². The smallest absolute Gasteiger partial charge is 0.277 e. The van der Waals surface area contributed by atoms with Crippen LogP contribution in [0.2, 0.25) is 15.1 Å². The van der Waals surface area contributed by atoms with E-state index in [9.17, 15) is 4.79 Å². The van der Waals surface area contributed by atoms with E-state index in [-0.39, 0.29) is 16.9 Å². The normalized spacial score (nSPS) is 11.1. The fraction of sp³-hybridized carbons (Fsp3) is 0.0556. The summed E-state index contributed by atoms with van der Waals surface area (Å²) in [5.74, 6) is 0.130. The number of thioether (sulfide) groups is 1. The first-order valence-electron chi connectivity index (χ1n) is 7.90. The number of hydrogen-bond donors (Lipinski definition) is 1. The number of amides is 1. The van der Waals surface area contributed by atoms with Gasteiger partial charge in [0.05, 0.1) is 21.5 Å². The third-order valence-corrected chi connectivity index (χ3v) is 6.71. The molecular weight excluding hydrogens is 461 g/mol. The summed E-state index contributed by atoms with van der Waals surface area (Å²) in [6.45, 7) is 0. The Balaban J connectivity index is 1.44. The van der Waals surface area contributed by atoms with Gasteiger partial charge in [-0.2, -0.15) is 0 Å². The minimum Gasteiger partial charge on any atom is -0.410 e. The molecule has 0 unspecified atom stereocenters. The van der Waals surface area contributed by atoms with Crippen LogP contribution >= 0.6 is 57.9 Å². The molecule has 2 aromatic heterocycles. The van der Waals surface area contributed by atoms with Crippen LogP contribution in [0.3, 0.4) is 0 Å². The van der Waals surface area contributed by atoms with Crippen LogP contribution in [0.25, 0.3) is 20.9 Å². The number of aromatic nitrogens is 2. The van der Waals surface area contributed by atoms with Gasteiger partial charge in [-0.25, -0.2) is 0 Å². The molecule has 1 amide bonds.